The SMILES string of the molecule is Cc1ccc2c(-c3ccccc3C3=CC(C)(C)CC(C)(C)C3)ccc(O)c2c1. The van der Waals surface area contributed by atoms with E-state index in [4.69, 9.17) is 0 Å². The van der Waals surface area contributed by atoms with E-state index in [9.17, 15) is 5.11 Å². The minimum absolute atomic E-state index is 0.193. The summed E-state index contributed by atoms with van der Waals surface area (Å²) in [6.45, 7) is 11.5. The van der Waals surface area contributed by atoms with Crippen LogP contribution in [-0.2, 0) is 0 Å². The third-order valence-corrected chi connectivity index (χ3v) is 5.88. The molecule has 0 bridgehead atoms. The second kappa shape index (κ2) is 6.51. The van der Waals surface area contributed by atoms with Crippen LogP contribution in [0.4, 0.5) is 0 Å². The number of aryl methyl sites for hydroxylation is 1. The molecule has 1 nitrogen and oxygen atoms in total. The average Bonchev–Trinajstić information content (AvgIpc) is 2.60. The van der Waals surface area contributed by atoms with Crippen molar-refractivity contribution in [1.82, 2.24) is 0 Å². The van der Waals surface area contributed by atoms with Crippen molar-refractivity contribution in [1.29, 1.82) is 0 Å². The van der Waals surface area contributed by atoms with Gasteiger partial charge in [-0.3, -0.25) is 0 Å². The zero-order valence-corrected chi connectivity index (χ0v) is 17.6. The summed E-state index contributed by atoms with van der Waals surface area (Å²) in [7, 11) is 0. The molecule has 1 N–H and O–H groups in total. The lowest BCUT2D eigenvalue weighted by Crippen LogP contribution is -2.26. The van der Waals surface area contributed by atoms with Crippen molar-refractivity contribution in [3.05, 3.63) is 71.8 Å². The smallest absolute Gasteiger partial charge is 0.123 e. The van der Waals surface area contributed by atoms with E-state index in [0.717, 1.165) is 22.8 Å². The molecule has 0 aliphatic heterocycles. The number of fused-ring (bicyclic) bond motifs is 1. The van der Waals surface area contributed by atoms with Crippen LogP contribution < -0.4 is 0 Å². The third-order valence-electron chi connectivity index (χ3n) is 5.88. The quantitative estimate of drug-likeness (QED) is 0.489. The summed E-state index contributed by atoms with van der Waals surface area (Å²) in [4.78, 5) is 0. The van der Waals surface area contributed by atoms with E-state index >= 15 is 0 Å². The van der Waals surface area contributed by atoms with Crippen molar-refractivity contribution in [2.75, 3.05) is 0 Å². The molecular weight excluding hydrogens is 340 g/mol. The van der Waals surface area contributed by atoms with E-state index in [2.05, 4.69) is 89.2 Å². The molecule has 4 rings (SSSR count). The summed E-state index contributed by atoms with van der Waals surface area (Å²) >= 11 is 0. The van der Waals surface area contributed by atoms with Crippen molar-refractivity contribution in [3.8, 4) is 16.9 Å². The third kappa shape index (κ3) is 3.46. The van der Waals surface area contributed by atoms with Gasteiger partial charge in [0.1, 0.15) is 5.75 Å². The summed E-state index contributed by atoms with van der Waals surface area (Å²) in [5.41, 5.74) is 6.82. The van der Waals surface area contributed by atoms with Gasteiger partial charge in [-0.2, -0.15) is 0 Å². The second-order valence-electron chi connectivity index (χ2n) is 9.90. The molecule has 3 aromatic carbocycles. The first-order chi connectivity index (χ1) is 13.2. The van der Waals surface area contributed by atoms with Crippen molar-refractivity contribution in [2.24, 2.45) is 10.8 Å². The van der Waals surface area contributed by atoms with Gasteiger partial charge in [0, 0.05) is 5.39 Å². The first-order valence-electron chi connectivity index (χ1n) is 10.2. The van der Waals surface area contributed by atoms with Crippen LogP contribution in [0, 0.1) is 17.8 Å². The highest BCUT2D eigenvalue weighted by atomic mass is 16.3. The molecule has 0 saturated carbocycles. The summed E-state index contributed by atoms with van der Waals surface area (Å²) < 4.78 is 0. The van der Waals surface area contributed by atoms with Crippen LogP contribution in [0.25, 0.3) is 27.5 Å². The summed E-state index contributed by atoms with van der Waals surface area (Å²) in [6.07, 6.45) is 4.76. The number of hydrogen-bond donors (Lipinski definition) is 1. The van der Waals surface area contributed by atoms with E-state index in [1.807, 2.05) is 6.07 Å². The van der Waals surface area contributed by atoms with E-state index < -0.39 is 0 Å². The molecule has 144 valence electrons. The molecule has 0 fully saturated rings. The molecule has 0 heterocycles. The Labute approximate surface area is 168 Å². The summed E-state index contributed by atoms with van der Waals surface area (Å²) in [6, 6.07) is 19.0. The number of allylic oxidation sites excluding steroid dienone is 2. The molecule has 0 unspecified atom stereocenters. The maximum Gasteiger partial charge on any atom is 0.123 e. The van der Waals surface area contributed by atoms with Crippen molar-refractivity contribution in [2.45, 2.75) is 47.5 Å². The molecule has 0 amide bonds. The zero-order valence-electron chi connectivity index (χ0n) is 17.6. The maximum absolute atomic E-state index is 10.4. The van der Waals surface area contributed by atoms with Gasteiger partial charge in [0.15, 0.2) is 0 Å². The lowest BCUT2D eigenvalue weighted by Gasteiger charge is -2.40. The van der Waals surface area contributed by atoms with Crippen LogP contribution >= 0.6 is 0 Å². The predicted octanol–water partition coefficient (Wildman–Crippen LogP) is 7.75. The van der Waals surface area contributed by atoms with Crippen LogP contribution in [0.3, 0.4) is 0 Å². The summed E-state index contributed by atoms with van der Waals surface area (Å²) in [5, 5.41) is 12.4. The van der Waals surface area contributed by atoms with E-state index in [-0.39, 0.29) is 10.8 Å². The molecular formula is C27H30O. The second-order valence-corrected chi connectivity index (χ2v) is 9.90. The number of hydrogen-bond acceptors (Lipinski definition) is 1. The van der Waals surface area contributed by atoms with Crippen LogP contribution in [0.1, 0.15) is 51.7 Å². The molecule has 0 saturated heterocycles. The van der Waals surface area contributed by atoms with Gasteiger partial charge >= 0.3 is 0 Å². The highest BCUT2D eigenvalue weighted by Crippen LogP contribution is 2.49. The Morgan fingerprint density at radius 3 is 2.21 bits per heavy atom. The Hall–Kier alpha value is -2.54. The molecule has 0 spiro atoms. The van der Waals surface area contributed by atoms with Crippen molar-refractivity contribution >= 4 is 16.3 Å². The molecule has 3 aromatic rings. The molecule has 0 radical (unpaired) electrons. The summed E-state index contributed by atoms with van der Waals surface area (Å²) in [5.74, 6) is 0.346. The maximum atomic E-state index is 10.4. The highest BCUT2D eigenvalue weighted by Gasteiger charge is 2.34. The Bertz CT molecular complexity index is 1080. The van der Waals surface area contributed by atoms with E-state index in [1.165, 1.54) is 28.7 Å². The van der Waals surface area contributed by atoms with Gasteiger partial charge < -0.3 is 5.11 Å². The Morgan fingerprint density at radius 1 is 0.786 bits per heavy atom. The van der Waals surface area contributed by atoms with Gasteiger partial charge in [-0.05, 0) is 70.4 Å². The Balaban J connectivity index is 1.95. The minimum atomic E-state index is 0.193. The van der Waals surface area contributed by atoms with Crippen molar-refractivity contribution in [3.63, 3.8) is 0 Å². The normalized spacial score (nSPS) is 18.1. The monoisotopic (exact) mass is 370 g/mol. The number of benzene rings is 3. The Kier molecular flexibility index (Phi) is 4.38. The number of phenolic OH excluding ortho intramolecular Hbond substituents is 1. The van der Waals surface area contributed by atoms with Gasteiger partial charge in [0.25, 0.3) is 0 Å². The number of phenols is 1. The van der Waals surface area contributed by atoms with Gasteiger partial charge in [-0.15, -0.1) is 0 Å². The fourth-order valence-corrected chi connectivity index (χ4v) is 5.24. The standard InChI is InChI=1S/C27H30O/c1-18-10-11-23-22(12-13-25(28)24(23)14-18)21-9-7-6-8-20(21)19-15-26(2,3)17-27(4,5)16-19/h6-15,28H,16-17H2,1-5H3. The fraction of sp³-hybridized carbons (Fsp3) is 0.333. The minimum Gasteiger partial charge on any atom is -0.507 e. The number of aromatic hydroxyl groups is 1. The first-order valence-corrected chi connectivity index (χ1v) is 10.2. The van der Waals surface area contributed by atoms with Gasteiger partial charge in [-0.25, -0.2) is 0 Å². The van der Waals surface area contributed by atoms with Gasteiger partial charge in [0.2, 0.25) is 0 Å². The molecule has 1 aliphatic rings. The zero-order chi connectivity index (χ0) is 20.1. The van der Waals surface area contributed by atoms with Crippen molar-refractivity contribution < 1.29 is 5.11 Å². The number of rotatable bonds is 2. The van der Waals surface area contributed by atoms with Crippen LogP contribution in [0.2, 0.25) is 0 Å². The molecule has 1 aliphatic carbocycles. The lowest BCUT2D eigenvalue weighted by molar-refractivity contribution is 0.229. The van der Waals surface area contributed by atoms with Gasteiger partial charge in [0.05, 0.1) is 0 Å². The van der Waals surface area contributed by atoms with Gasteiger partial charge in [-0.1, -0.05) is 81.8 Å². The molecule has 28 heavy (non-hydrogen) atoms. The lowest BCUT2D eigenvalue weighted by atomic mass is 9.65. The molecule has 0 atom stereocenters. The fourth-order valence-electron chi connectivity index (χ4n) is 5.24. The largest absolute Gasteiger partial charge is 0.507 e. The highest BCUT2D eigenvalue weighted by molar-refractivity contribution is 6.02. The van der Waals surface area contributed by atoms with Crippen LogP contribution in [-0.4, -0.2) is 5.11 Å². The van der Waals surface area contributed by atoms with E-state index in [1.54, 1.807) is 0 Å². The van der Waals surface area contributed by atoms with E-state index in [0.29, 0.717) is 5.75 Å². The van der Waals surface area contributed by atoms with Crippen LogP contribution in [0.15, 0.2) is 60.7 Å². The van der Waals surface area contributed by atoms with Crippen LogP contribution in [0.5, 0.6) is 5.75 Å². The Morgan fingerprint density at radius 2 is 1.50 bits per heavy atom. The first kappa shape index (κ1) is 18.8. The topological polar surface area (TPSA) is 20.2 Å². The molecule has 1 heteroatoms. The average molecular weight is 371 g/mol. The predicted molar refractivity (Wildman–Crippen MR) is 121 cm³/mol. The molecule has 0 aromatic heterocycles.